The molecular weight excluding hydrogens is 254 g/mol. The lowest BCUT2D eigenvalue weighted by atomic mass is 10.2. The number of nitrogens with one attached hydrogen (secondary N) is 2. The largest absolute Gasteiger partial charge is 0.433 e. The average molecular weight is 270 g/mol. The molecule has 6 heteroatoms. The molecule has 0 unspecified atom stereocenters. The standard InChI is InChI=1S/C13H16F2N2O2/c14-13(15)19-11-4-2-1-3-10(11)17-12(18)7-8-16-9-5-6-9/h1-4,9,13,16H,5-8H2,(H,17,18). The number of amides is 1. The van der Waals surface area contributed by atoms with Gasteiger partial charge in [0, 0.05) is 19.0 Å². The van der Waals surface area contributed by atoms with Crippen molar-refractivity contribution in [1.29, 1.82) is 0 Å². The maximum Gasteiger partial charge on any atom is 0.387 e. The molecule has 0 atom stereocenters. The number of hydrogen-bond donors (Lipinski definition) is 2. The van der Waals surface area contributed by atoms with Crippen LogP contribution in [0.2, 0.25) is 0 Å². The predicted octanol–water partition coefficient (Wildman–Crippen LogP) is 2.37. The van der Waals surface area contributed by atoms with Gasteiger partial charge in [-0.25, -0.2) is 0 Å². The summed E-state index contributed by atoms with van der Waals surface area (Å²) in [6.07, 6.45) is 2.62. The summed E-state index contributed by atoms with van der Waals surface area (Å²) in [5.41, 5.74) is 0.263. The quantitative estimate of drug-likeness (QED) is 0.799. The minimum Gasteiger partial charge on any atom is -0.433 e. The number of para-hydroxylation sites is 2. The van der Waals surface area contributed by atoms with Gasteiger partial charge in [0.25, 0.3) is 0 Å². The second kappa shape index (κ2) is 6.47. The van der Waals surface area contributed by atoms with Crippen molar-refractivity contribution in [2.45, 2.75) is 31.9 Å². The summed E-state index contributed by atoms with van der Waals surface area (Å²) in [6.45, 7) is -2.32. The Hall–Kier alpha value is -1.69. The Morgan fingerprint density at radius 3 is 2.79 bits per heavy atom. The highest BCUT2D eigenvalue weighted by molar-refractivity contribution is 5.92. The van der Waals surface area contributed by atoms with E-state index < -0.39 is 6.61 Å². The van der Waals surface area contributed by atoms with Crippen LogP contribution in [0.4, 0.5) is 14.5 Å². The third-order valence-electron chi connectivity index (χ3n) is 2.74. The second-order valence-electron chi connectivity index (χ2n) is 4.40. The van der Waals surface area contributed by atoms with Gasteiger partial charge in [-0.15, -0.1) is 0 Å². The number of anilines is 1. The lowest BCUT2D eigenvalue weighted by molar-refractivity contribution is -0.116. The van der Waals surface area contributed by atoms with Crippen LogP contribution in [0.1, 0.15) is 19.3 Å². The highest BCUT2D eigenvalue weighted by Gasteiger charge is 2.20. The van der Waals surface area contributed by atoms with Crippen LogP contribution in [0.5, 0.6) is 5.75 Å². The van der Waals surface area contributed by atoms with Crippen LogP contribution in [0.15, 0.2) is 24.3 Å². The Balaban J connectivity index is 1.84. The van der Waals surface area contributed by atoms with Gasteiger partial charge in [0.15, 0.2) is 0 Å². The Morgan fingerprint density at radius 2 is 2.11 bits per heavy atom. The van der Waals surface area contributed by atoms with Gasteiger partial charge in [0.2, 0.25) is 5.91 Å². The Kier molecular flexibility index (Phi) is 4.68. The number of halogens is 2. The van der Waals surface area contributed by atoms with Crippen LogP contribution in [0, 0.1) is 0 Å². The van der Waals surface area contributed by atoms with Crippen LogP contribution in [-0.4, -0.2) is 25.1 Å². The molecule has 2 N–H and O–H groups in total. The molecule has 1 fully saturated rings. The normalized spacial score (nSPS) is 14.5. The zero-order chi connectivity index (χ0) is 13.7. The topological polar surface area (TPSA) is 50.4 Å². The van der Waals surface area contributed by atoms with Crippen molar-refractivity contribution in [2.24, 2.45) is 0 Å². The molecular formula is C13H16F2N2O2. The monoisotopic (exact) mass is 270 g/mol. The van der Waals surface area contributed by atoms with E-state index in [4.69, 9.17) is 0 Å². The molecule has 1 aliphatic rings. The lowest BCUT2D eigenvalue weighted by Crippen LogP contribution is -2.23. The summed E-state index contributed by atoms with van der Waals surface area (Å²) < 4.78 is 28.7. The van der Waals surface area contributed by atoms with Crippen molar-refractivity contribution in [2.75, 3.05) is 11.9 Å². The number of carbonyl (C=O) groups excluding carboxylic acids is 1. The van der Waals surface area contributed by atoms with Gasteiger partial charge in [-0.05, 0) is 25.0 Å². The van der Waals surface area contributed by atoms with Crippen molar-refractivity contribution in [3.05, 3.63) is 24.3 Å². The number of benzene rings is 1. The van der Waals surface area contributed by atoms with Crippen LogP contribution in [0.25, 0.3) is 0 Å². The van der Waals surface area contributed by atoms with Crippen LogP contribution >= 0.6 is 0 Å². The van der Waals surface area contributed by atoms with E-state index in [0.717, 1.165) is 12.8 Å². The smallest absolute Gasteiger partial charge is 0.387 e. The molecule has 1 amide bonds. The Labute approximate surface area is 110 Å². The molecule has 0 aliphatic heterocycles. The third-order valence-corrected chi connectivity index (χ3v) is 2.74. The molecule has 0 saturated heterocycles. The Bertz CT molecular complexity index is 436. The van der Waals surface area contributed by atoms with Gasteiger partial charge in [0.1, 0.15) is 5.75 Å². The molecule has 19 heavy (non-hydrogen) atoms. The molecule has 0 radical (unpaired) electrons. The number of rotatable bonds is 7. The summed E-state index contributed by atoms with van der Waals surface area (Å²) in [5, 5.41) is 5.78. The fraction of sp³-hybridized carbons (Fsp3) is 0.462. The molecule has 0 heterocycles. The maximum atomic E-state index is 12.2. The number of alkyl halides is 2. The van der Waals surface area contributed by atoms with Gasteiger partial charge in [-0.1, -0.05) is 12.1 Å². The van der Waals surface area contributed by atoms with E-state index in [1.54, 1.807) is 12.1 Å². The lowest BCUT2D eigenvalue weighted by Gasteiger charge is -2.11. The van der Waals surface area contributed by atoms with Crippen LogP contribution in [-0.2, 0) is 4.79 Å². The molecule has 0 bridgehead atoms. The van der Waals surface area contributed by atoms with E-state index in [0.29, 0.717) is 19.0 Å². The summed E-state index contributed by atoms with van der Waals surface area (Å²) in [7, 11) is 0. The minimum absolute atomic E-state index is 0.0268. The van der Waals surface area contributed by atoms with E-state index >= 15 is 0 Å². The second-order valence-corrected chi connectivity index (χ2v) is 4.40. The predicted molar refractivity (Wildman–Crippen MR) is 67.3 cm³/mol. The van der Waals surface area contributed by atoms with Gasteiger partial charge >= 0.3 is 6.61 Å². The van der Waals surface area contributed by atoms with Crippen molar-refractivity contribution in [3.63, 3.8) is 0 Å². The first-order chi connectivity index (χ1) is 9.15. The first-order valence-electron chi connectivity index (χ1n) is 6.22. The zero-order valence-corrected chi connectivity index (χ0v) is 10.4. The van der Waals surface area contributed by atoms with Crippen molar-refractivity contribution < 1.29 is 18.3 Å². The molecule has 2 rings (SSSR count). The maximum absolute atomic E-state index is 12.2. The van der Waals surface area contributed by atoms with Gasteiger partial charge < -0.3 is 15.4 Å². The summed E-state index contributed by atoms with van der Waals surface area (Å²) in [5.74, 6) is -0.250. The fourth-order valence-electron chi connectivity index (χ4n) is 1.66. The highest BCUT2D eigenvalue weighted by Crippen LogP contribution is 2.25. The van der Waals surface area contributed by atoms with Gasteiger partial charge in [-0.2, -0.15) is 8.78 Å². The molecule has 1 aliphatic carbocycles. The fourth-order valence-corrected chi connectivity index (χ4v) is 1.66. The third kappa shape index (κ3) is 4.82. The van der Waals surface area contributed by atoms with Crippen LogP contribution < -0.4 is 15.4 Å². The SMILES string of the molecule is O=C(CCNC1CC1)Nc1ccccc1OC(F)F. The van der Waals surface area contributed by atoms with E-state index in [1.807, 2.05) is 0 Å². The first kappa shape index (κ1) is 13.7. The van der Waals surface area contributed by atoms with E-state index in [2.05, 4.69) is 15.4 Å². The molecule has 4 nitrogen and oxygen atoms in total. The molecule has 0 spiro atoms. The number of ether oxygens (including phenoxy) is 1. The average Bonchev–Trinajstić information content (AvgIpc) is 3.15. The summed E-state index contributed by atoms with van der Waals surface area (Å²) in [6, 6.07) is 6.69. The van der Waals surface area contributed by atoms with E-state index in [-0.39, 0.29) is 17.3 Å². The van der Waals surface area contributed by atoms with E-state index in [9.17, 15) is 13.6 Å². The summed E-state index contributed by atoms with van der Waals surface area (Å²) >= 11 is 0. The van der Waals surface area contributed by atoms with Crippen LogP contribution in [0.3, 0.4) is 0 Å². The van der Waals surface area contributed by atoms with E-state index in [1.165, 1.54) is 12.1 Å². The molecule has 1 aromatic rings. The molecule has 1 aromatic carbocycles. The van der Waals surface area contributed by atoms with Gasteiger partial charge in [0.05, 0.1) is 5.69 Å². The minimum atomic E-state index is -2.91. The number of hydrogen-bond acceptors (Lipinski definition) is 3. The summed E-state index contributed by atoms with van der Waals surface area (Å²) in [4.78, 5) is 11.7. The highest BCUT2D eigenvalue weighted by atomic mass is 19.3. The Morgan fingerprint density at radius 1 is 1.37 bits per heavy atom. The van der Waals surface area contributed by atoms with Gasteiger partial charge in [-0.3, -0.25) is 4.79 Å². The first-order valence-corrected chi connectivity index (χ1v) is 6.22. The zero-order valence-electron chi connectivity index (χ0n) is 10.4. The molecule has 1 saturated carbocycles. The molecule has 104 valence electrons. The van der Waals surface area contributed by atoms with Crippen molar-refractivity contribution in [1.82, 2.24) is 5.32 Å². The number of carbonyl (C=O) groups is 1. The molecule has 0 aromatic heterocycles. The van der Waals surface area contributed by atoms with Crippen molar-refractivity contribution in [3.8, 4) is 5.75 Å². The van der Waals surface area contributed by atoms with Crippen molar-refractivity contribution >= 4 is 11.6 Å².